The van der Waals surface area contributed by atoms with Crippen molar-refractivity contribution in [1.82, 2.24) is 24.5 Å². The zero-order valence-electron chi connectivity index (χ0n) is 22.6. The molecule has 0 N–H and O–H groups in total. The first-order chi connectivity index (χ1) is 17.5. The number of rotatable bonds is 10. The van der Waals surface area contributed by atoms with Crippen LogP contribution in [-0.4, -0.2) is 53.9 Å². The number of fused-ring (bicyclic) bond motifs is 2. The summed E-state index contributed by atoms with van der Waals surface area (Å²) in [7, 11) is -2.10. The van der Waals surface area contributed by atoms with E-state index >= 15 is 0 Å². The summed E-state index contributed by atoms with van der Waals surface area (Å²) in [5.74, 6) is 0. The van der Waals surface area contributed by atoms with Crippen molar-refractivity contribution in [1.29, 1.82) is 5.26 Å². The van der Waals surface area contributed by atoms with Crippen LogP contribution in [0.4, 0.5) is 0 Å². The summed E-state index contributed by atoms with van der Waals surface area (Å²) in [6.45, 7) is 16.3. The van der Waals surface area contributed by atoms with Crippen LogP contribution in [0.2, 0.25) is 51.4 Å². The quantitative estimate of drug-likeness (QED) is 0.125. The molecular weight excluding hydrogens is 502 g/mol. The van der Waals surface area contributed by atoms with E-state index in [1.807, 2.05) is 6.07 Å². The second-order valence-electron chi connectivity index (χ2n) is 11.3. The summed E-state index contributed by atoms with van der Waals surface area (Å²) in [4.78, 5) is 4.02. The van der Waals surface area contributed by atoms with Crippen LogP contribution in [0.5, 0.6) is 0 Å². The summed E-state index contributed by atoms with van der Waals surface area (Å²) in [5, 5.41) is 30.2. The van der Waals surface area contributed by atoms with Crippen LogP contribution in [0.15, 0.2) is 43.1 Å². The monoisotopic (exact) mass is 539 g/mol. The molecule has 0 amide bonds. The van der Waals surface area contributed by atoms with E-state index in [0.29, 0.717) is 19.2 Å². The van der Waals surface area contributed by atoms with Crippen molar-refractivity contribution in [2.75, 3.05) is 13.2 Å². The molecule has 0 aliphatic rings. The highest BCUT2D eigenvalue weighted by Crippen LogP contribution is 2.16. The molecule has 0 radical (unpaired) electrons. The molecule has 4 aromatic heterocycles. The molecule has 0 atom stereocenters. The SMILES string of the molecule is C[Si](C)(C)CCOCn1ncc2c(C#N)nccc21.C[Si](C)(C)CCOCn1ncc2c[n+]([O-])ccc21. The van der Waals surface area contributed by atoms with Gasteiger partial charge < -0.3 is 14.7 Å². The van der Waals surface area contributed by atoms with Crippen molar-refractivity contribution in [2.24, 2.45) is 0 Å². The lowest BCUT2D eigenvalue weighted by Gasteiger charge is -2.15. The van der Waals surface area contributed by atoms with E-state index in [2.05, 4.69) is 60.5 Å². The van der Waals surface area contributed by atoms with Gasteiger partial charge in [-0.2, -0.15) is 20.2 Å². The second-order valence-corrected chi connectivity index (χ2v) is 22.6. The van der Waals surface area contributed by atoms with Gasteiger partial charge in [0.25, 0.3) is 0 Å². The lowest BCUT2D eigenvalue weighted by Crippen LogP contribution is -2.23. The van der Waals surface area contributed by atoms with E-state index in [1.54, 1.807) is 34.0 Å². The molecule has 0 saturated carbocycles. The third-order valence-corrected chi connectivity index (χ3v) is 9.06. The maximum absolute atomic E-state index is 11.1. The molecule has 0 aliphatic heterocycles. The zero-order chi connectivity index (χ0) is 27.1. The van der Waals surface area contributed by atoms with Crippen LogP contribution in [0.1, 0.15) is 5.69 Å². The number of aromatic nitrogens is 6. The molecular formula is C25H37N7O3Si2. The van der Waals surface area contributed by atoms with Gasteiger partial charge in [-0.1, -0.05) is 39.3 Å². The van der Waals surface area contributed by atoms with E-state index in [9.17, 15) is 5.21 Å². The van der Waals surface area contributed by atoms with Crippen LogP contribution in [-0.2, 0) is 22.9 Å². The van der Waals surface area contributed by atoms with Crippen LogP contribution in [0.3, 0.4) is 0 Å². The molecule has 0 spiro atoms. The maximum Gasteiger partial charge on any atom is 0.191 e. The van der Waals surface area contributed by atoms with E-state index < -0.39 is 16.1 Å². The lowest BCUT2D eigenvalue weighted by atomic mass is 10.2. The number of ether oxygens (including phenoxy) is 2. The number of pyridine rings is 2. The molecule has 4 heterocycles. The molecule has 0 fully saturated rings. The fraction of sp³-hybridized carbons (Fsp3) is 0.480. The first-order valence-corrected chi connectivity index (χ1v) is 19.8. The average Bonchev–Trinajstić information content (AvgIpc) is 3.42. The number of nitrogens with zero attached hydrogens (tertiary/aromatic N) is 7. The average molecular weight is 540 g/mol. The maximum atomic E-state index is 11.1. The van der Waals surface area contributed by atoms with Gasteiger partial charge in [0.05, 0.1) is 34.2 Å². The van der Waals surface area contributed by atoms with Crippen molar-refractivity contribution in [3.63, 3.8) is 0 Å². The van der Waals surface area contributed by atoms with E-state index in [0.717, 1.165) is 51.8 Å². The van der Waals surface area contributed by atoms with Crippen molar-refractivity contribution in [2.45, 2.75) is 64.8 Å². The summed E-state index contributed by atoms with van der Waals surface area (Å²) < 4.78 is 15.6. The standard InChI is InChI=1S/C13H18N4OSi.C12H19N3O2Si/c1-19(2,3)7-6-18-10-17-13-4-5-15-12(8-14)11(13)9-16-17;1-18(2,3)7-6-17-10-15-12-4-5-14(16)9-11(12)8-13-15/h4-5,9H,6-7,10H2,1-3H3;4-5,8-9H,6-7,10H2,1-3H3. The minimum Gasteiger partial charge on any atom is -0.619 e. The van der Waals surface area contributed by atoms with Crippen LogP contribution < -0.4 is 4.73 Å². The Morgan fingerprint density at radius 3 is 2.11 bits per heavy atom. The molecule has 198 valence electrons. The smallest absolute Gasteiger partial charge is 0.191 e. The fourth-order valence-corrected chi connectivity index (χ4v) is 4.89. The van der Waals surface area contributed by atoms with Gasteiger partial charge in [-0.25, -0.2) is 14.3 Å². The third-order valence-electron chi connectivity index (χ3n) is 5.65. The topological polar surface area (TPSA) is 118 Å². The Balaban J connectivity index is 0.000000206. The Hall–Kier alpha value is -3.12. The molecule has 12 heteroatoms. The second kappa shape index (κ2) is 12.4. The Labute approximate surface area is 220 Å². The molecule has 4 aromatic rings. The summed E-state index contributed by atoms with van der Waals surface area (Å²) >= 11 is 0. The molecule has 0 aromatic carbocycles. The first-order valence-electron chi connectivity index (χ1n) is 12.4. The molecule has 10 nitrogen and oxygen atoms in total. The van der Waals surface area contributed by atoms with Crippen LogP contribution in [0.25, 0.3) is 21.8 Å². The third kappa shape index (κ3) is 8.75. The first kappa shape index (κ1) is 28.5. The summed E-state index contributed by atoms with van der Waals surface area (Å²) in [5.41, 5.74) is 2.22. The predicted octanol–water partition coefficient (Wildman–Crippen LogP) is 4.60. The Kier molecular flexibility index (Phi) is 9.55. The minimum absolute atomic E-state index is 0.408. The van der Waals surface area contributed by atoms with Crippen molar-refractivity contribution >= 4 is 38.0 Å². The van der Waals surface area contributed by atoms with Crippen molar-refractivity contribution < 1.29 is 14.2 Å². The van der Waals surface area contributed by atoms with Gasteiger partial charge in [-0.15, -0.1) is 0 Å². The Morgan fingerprint density at radius 1 is 0.919 bits per heavy atom. The van der Waals surface area contributed by atoms with Crippen molar-refractivity contribution in [3.05, 3.63) is 54.0 Å². The minimum atomic E-state index is -1.06. The lowest BCUT2D eigenvalue weighted by molar-refractivity contribution is -0.603. The van der Waals surface area contributed by atoms with Gasteiger partial charge in [-0.3, -0.25) is 0 Å². The summed E-state index contributed by atoms with van der Waals surface area (Å²) in [6, 6.07) is 7.97. The predicted molar refractivity (Wildman–Crippen MR) is 149 cm³/mol. The van der Waals surface area contributed by atoms with E-state index in [1.165, 1.54) is 12.4 Å². The van der Waals surface area contributed by atoms with E-state index in [-0.39, 0.29) is 0 Å². The molecule has 0 unspecified atom stereocenters. The molecule has 0 bridgehead atoms. The Morgan fingerprint density at radius 2 is 1.51 bits per heavy atom. The highest BCUT2D eigenvalue weighted by Gasteiger charge is 2.14. The van der Waals surface area contributed by atoms with Gasteiger partial charge in [0.1, 0.15) is 19.5 Å². The fourth-order valence-electron chi connectivity index (χ4n) is 3.37. The normalized spacial score (nSPS) is 11.9. The molecule has 0 saturated heterocycles. The number of hydrogen-bond acceptors (Lipinski definition) is 7. The Bertz CT molecular complexity index is 1350. The van der Waals surface area contributed by atoms with Crippen molar-refractivity contribution in [3.8, 4) is 6.07 Å². The van der Waals surface area contributed by atoms with Gasteiger partial charge in [0.15, 0.2) is 18.1 Å². The van der Waals surface area contributed by atoms with Gasteiger partial charge in [-0.05, 0) is 18.2 Å². The number of nitriles is 1. The van der Waals surface area contributed by atoms with Gasteiger partial charge in [0.2, 0.25) is 0 Å². The summed E-state index contributed by atoms with van der Waals surface area (Å²) in [6.07, 6.45) is 7.97. The van der Waals surface area contributed by atoms with E-state index in [4.69, 9.17) is 14.7 Å². The van der Waals surface area contributed by atoms with Crippen LogP contribution in [0, 0.1) is 16.5 Å². The zero-order valence-corrected chi connectivity index (χ0v) is 24.6. The molecule has 37 heavy (non-hydrogen) atoms. The van der Waals surface area contributed by atoms with Gasteiger partial charge in [0, 0.05) is 41.6 Å². The highest BCUT2D eigenvalue weighted by atomic mass is 28.3. The number of hydrogen-bond donors (Lipinski definition) is 0. The van der Waals surface area contributed by atoms with Gasteiger partial charge >= 0.3 is 0 Å². The molecule has 4 rings (SSSR count). The van der Waals surface area contributed by atoms with Crippen LogP contribution >= 0.6 is 0 Å². The largest absolute Gasteiger partial charge is 0.619 e. The highest BCUT2D eigenvalue weighted by molar-refractivity contribution is 6.76. The molecule has 0 aliphatic carbocycles.